The van der Waals surface area contributed by atoms with Crippen LogP contribution in [0.5, 0.6) is 0 Å². The summed E-state index contributed by atoms with van der Waals surface area (Å²) < 4.78 is 13.1. The Bertz CT molecular complexity index is 708. The normalized spacial score (nSPS) is 10.1. The van der Waals surface area contributed by atoms with E-state index in [1.807, 2.05) is 6.07 Å². The second kappa shape index (κ2) is 5.54. The summed E-state index contributed by atoms with van der Waals surface area (Å²) in [5.74, 6) is 0.0159. The number of hydrogen-bond donors (Lipinski definition) is 2. The molecule has 1 aromatic heterocycles. The second-order valence-electron chi connectivity index (χ2n) is 3.68. The van der Waals surface area contributed by atoms with Gasteiger partial charge in [0.15, 0.2) is 5.16 Å². The average Bonchev–Trinajstić information content (AvgIpc) is 2.35. The minimum Gasteiger partial charge on any atom is -0.383 e. The summed E-state index contributed by atoms with van der Waals surface area (Å²) in [4.78, 5) is 17.6. The average molecular weight is 276 g/mol. The van der Waals surface area contributed by atoms with Crippen molar-refractivity contribution in [3.8, 4) is 6.07 Å². The second-order valence-corrected chi connectivity index (χ2v) is 4.64. The topological polar surface area (TPSA) is 95.6 Å². The number of aromatic nitrogens is 2. The number of nitrogens with two attached hydrogens (primary N) is 1. The minimum absolute atomic E-state index is 0.117. The molecule has 1 heterocycles. The number of hydrogen-bond acceptors (Lipinski definition) is 5. The van der Waals surface area contributed by atoms with Crippen LogP contribution in [0.4, 0.5) is 10.2 Å². The highest BCUT2D eigenvalue weighted by Crippen LogP contribution is 2.21. The standard InChI is InChI=1S/C12H9FN4OS/c13-9-2-1-7(5-14)8(3-9)6-19-12-16-10(15)4-11(18)17-12/h1-4H,6H2,(H3,15,16,17,18). The van der Waals surface area contributed by atoms with Crippen molar-refractivity contribution in [1.29, 1.82) is 5.26 Å². The van der Waals surface area contributed by atoms with Gasteiger partial charge >= 0.3 is 0 Å². The number of thioether (sulfide) groups is 1. The van der Waals surface area contributed by atoms with Gasteiger partial charge < -0.3 is 10.7 Å². The van der Waals surface area contributed by atoms with Crippen molar-refractivity contribution in [1.82, 2.24) is 9.97 Å². The quantitative estimate of drug-likeness (QED) is 0.656. The summed E-state index contributed by atoms with van der Waals surface area (Å²) in [6.07, 6.45) is 0. The molecule has 2 rings (SSSR count). The number of nitrogens with zero attached hydrogens (tertiary/aromatic N) is 2. The Morgan fingerprint density at radius 2 is 2.26 bits per heavy atom. The summed E-state index contributed by atoms with van der Waals surface area (Å²) in [5.41, 5.74) is 6.03. The Morgan fingerprint density at radius 1 is 1.47 bits per heavy atom. The number of H-pyrrole nitrogens is 1. The summed E-state index contributed by atoms with van der Waals surface area (Å²) in [6.45, 7) is 0. The van der Waals surface area contributed by atoms with Gasteiger partial charge in [0.25, 0.3) is 5.56 Å². The van der Waals surface area contributed by atoms with E-state index < -0.39 is 5.82 Å². The molecule has 19 heavy (non-hydrogen) atoms. The summed E-state index contributed by atoms with van der Waals surface area (Å²) in [7, 11) is 0. The lowest BCUT2D eigenvalue weighted by atomic mass is 10.1. The van der Waals surface area contributed by atoms with Gasteiger partial charge in [-0.1, -0.05) is 11.8 Å². The van der Waals surface area contributed by atoms with Crippen LogP contribution in [0.15, 0.2) is 34.2 Å². The molecule has 0 saturated carbocycles. The number of nitriles is 1. The van der Waals surface area contributed by atoms with Gasteiger partial charge in [-0.3, -0.25) is 4.79 Å². The molecule has 0 spiro atoms. The predicted octanol–water partition coefficient (Wildman–Crippen LogP) is 1.66. The van der Waals surface area contributed by atoms with E-state index in [1.165, 1.54) is 36.0 Å². The lowest BCUT2D eigenvalue weighted by Crippen LogP contribution is -2.09. The van der Waals surface area contributed by atoms with E-state index in [0.29, 0.717) is 22.0 Å². The summed E-state index contributed by atoms with van der Waals surface area (Å²) in [5, 5.41) is 9.25. The maximum atomic E-state index is 13.1. The predicted molar refractivity (Wildman–Crippen MR) is 69.9 cm³/mol. The first-order valence-corrected chi connectivity index (χ1v) is 6.25. The molecule has 1 aromatic carbocycles. The maximum Gasteiger partial charge on any atom is 0.253 e. The number of benzene rings is 1. The molecule has 0 aliphatic rings. The van der Waals surface area contributed by atoms with Crippen molar-refractivity contribution in [2.24, 2.45) is 0 Å². The van der Waals surface area contributed by atoms with E-state index in [2.05, 4.69) is 9.97 Å². The third-order valence-corrected chi connectivity index (χ3v) is 3.21. The highest BCUT2D eigenvalue weighted by molar-refractivity contribution is 7.98. The van der Waals surface area contributed by atoms with E-state index in [-0.39, 0.29) is 11.4 Å². The van der Waals surface area contributed by atoms with Crippen LogP contribution in [0.3, 0.4) is 0 Å². The van der Waals surface area contributed by atoms with Crippen molar-refractivity contribution in [3.05, 3.63) is 51.6 Å². The van der Waals surface area contributed by atoms with Gasteiger partial charge in [0.2, 0.25) is 0 Å². The zero-order valence-electron chi connectivity index (χ0n) is 9.68. The third-order valence-electron chi connectivity index (χ3n) is 2.29. The van der Waals surface area contributed by atoms with Gasteiger partial charge in [0.05, 0.1) is 11.6 Å². The first-order chi connectivity index (χ1) is 9.08. The molecule has 96 valence electrons. The van der Waals surface area contributed by atoms with Gasteiger partial charge in [-0.2, -0.15) is 5.26 Å². The van der Waals surface area contributed by atoms with E-state index in [9.17, 15) is 9.18 Å². The number of nitrogen functional groups attached to an aromatic ring is 1. The maximum absolute atomic E-state index is 13.1. The number of halogens is 1. The fourth-order valence-electron chi connectivity index (χ4n) is 1.46. The molecule has 0 aliphatic carbocycles. The fourth-order valence-corrected chi connectivity index (χ4v) is 2.33. The summed E-state index contributed by atoms with van der Waals surface area (Å²) in [6, 6.07) is 7.09. The van der Waals surface area contributed by atoms with Crippen molar-refractivity contribution < 1.29 is 4.39 Å². The van der Waals surface area contributed by atoms with Crippen LogP contribution in [0.25, 0.3) is 0 Å². The first kappa shape index (κ1) is 13.1. The Balaban J connectivity index is 2.21. The van der Waals surface area contributed by atoms with Crippen LogP contribution < -0.4 is 11.3 Å². The van der Waals surface area contributed by atoms with Gasteiger partial charge in [-0.25, -0.2) is 9.37 Å². The molecular formula is C12H9FN4OS. The van der Waals surface area contributed by atoms with Crippen molar-refractivity contribution in [2.45, 2.75) is 10.9 Å². The molecule has 0 unspecified atom stereocenters. The zero-order valence-corrected chi connectivity index (χ0v) is 10.5. The molecule has 3 N–H and O–H groups in total. The zero-order chi connectivity index (χ0) is 13.8. The number of anilines is 1. The van der Waals surface area contributed by atoms with Gasteiger partial charge in [0.1, 0.15) is 11.6 Å². The fraction of sp³-hybridized carbons (Fsp3) is 0.0833. The molecule has 0 atom stereocenters. The Labute approximate surface area is 112 Å². The molecule has 0 saturated heterocycles. The number of rotatable bonds is 3. The van der Waals surface area contributed by atoms with Crippen LogP contribution in [0.1, 0.15) is 11.1 Å². The van der Waals surface area contributed by atoms with Crippen LogP contribution in [0, 0.1) is 17.1 Å². The number of nitrogens with one attached hydrogen (secondary N) is 1. The van der Waals surface area contributed by atoms with Crippen molar-refractivity contribution >= 4 is 17.6 Å². The monoisotopic (exact) mass is 276 g/mol. The van der Waals surface area contributed by atoms with Gasteiger partial charge in [-0.05, 0) is 23.8 Å². The molecule has 0 fully saturated rings. The SMILES string of the molecule is N#Cc1ccc(F)cc1CSc1nc(N)cc(=O)[nH]1. The molecule has 0 radical (unpaired) electrons. The van der Waals surface area contributed by atoms with E-state index in [1.54, 1.807) is 0 Å². The Morgan fingerprint density at radius 3 is 2.95 bits per heavy atom. The third kappa shape index (κ3) is 3.33. The lowest BCUT2D eigenvalue weighted by molar-refractivity contribution is 0.626. The Hall–Kier alpha value is -2.33. The minimum atomic E-state index is -0.413. The van der Waals surface area contributed by atoms with Gasteiger partial charge in [0, 0.05) is 11.8 Å². The highest BCUT2D eigenvalue weighted by atomic mass is 32.2. The smallest absolute Gasteiger partial charge is 0.253 e. The molecule has 0 amide bonds. The molecule has 2 aromatic rings. The Kier molecular flexibility index (Phi) is 3.82. The number of aromatic amines is 1. The van der Waals surface area contributed by atoms with Crippen molar-refractivity contribution in [3.63, 3.8) is 0 Å². The van der Waals surface area contributed by atoms with E-state index in [4.69, 9.17) is 11.0 Å². The lowest BCUT2D eigenvalue weighted by Gasteiger charge is -2.04. The molecule has 0 aliphatic heterocycles. The molecular weight excluding hydrogens is 267 g/mol. The van der Waals surface area contributed by atoms with Crippen LogP contribution in [0.2, 0.25) is 0 Å². The molecule has 0 bridgehead atoms. The van der Waals surface area contributed by atoms with Crippen LogP contribution in [-0.2, 0) is 5.75 Å². The molecule has 7 heteroatoms. The van der Waals surface area contributed by atoms with Crippen LogP contribution in [-0.4, -0.2) is 9.97 Å². The first-order valence-electron chi connectivity index (χ1n) is 5.26. The van der Waals surface area contributed by atoms with Gasteiger partial charge in [-0.15, -0.1) is 0 Å². The molecule has 5 nitrogen and oxygen atoms in total. The van der Waals surface area contributed by atoms with E-state index >= 15 is 0 Å². The van der Waals surface area contributed by atoms with Crippen LogP contribution >= 0.6 is 11.8 Å². The van der Waals surface area contributed by atoms with E-state index in [0.717, 1.165) is 0 Å². The van der Waals surface area contributed by atoms with Crippen molar-refractivity contribution in [2.75, 3.05) is 5.73 Å². The summed E-state index contributed by atoms with van der Waals surface area (Å²) >= 11 is 1.18. The highest BCUT2D eigenvalue weighted by Gasteiger charge is 2.06. The largest absolute Gasteiger partial charge is 0.383 e.